The summed E-state index contributed by atoms with van der Waals surface area (Å²) in [6.45, 7) is 32.3. The highest BCUT2D eigenvalue weighted by Gasteiger charge is 2.39. The second-order valence-corrected chi connectivity index (χ2v) is 36.1. The van der Waals surface area contributed by atoms with E-state index in [-0.39, 0.29) is 163 Å². The largest absolute Gasteiger partial charge is 0.480 e. The van der Waals surface area contributed by atoms with Crippen molar-refractivity contribution >= 4 is 88.7 Å². The molecule has 0 saturated carbocycles. The van der Waals surface area contributed by atoms with E-state index in [9.17, 15) is 77.0 Å². The van der Waals surface area contributed by atoms with Gasteiger partial charge in [0.2, 0.25) is 82.7 Å². The van der Waals surface area contributed by atoms with Crippen molar-refractivity contribution in [3.05, 3.63) is 0 Å². The van der Waals surface area contributed by atoms with Gasteiger partial charge in [0.15, 0.2) is 0 Å². The van der Waals surface area contributed by atoms with Crippen LogP contribution in [0.15, 0.2) is 0 Å². The molecule has 0 aliphatic carbocycles. The maximum atomic E-state index is 14.9. The lowest BCUT2D eigenvalue weighted by molar-refractivity contribution is -0.143. The van der Waals surface area contributed by atoms with Crippen LogP contribution in [0.1, 0.15) is 285 Å². The lowest BCUT2D eigenvalue weighted by Gasteiger charge is -2.30. The number of unbranched alkanes of at least 4 members (excludes halogenated alkanes) is 6. The van der Waals surface area contributed by atoms with E-state index < -0.39 is 173 Å². The molecule has 0 aliphatic heterocycles. The van der Waals surface area contributed by atoms with Gasteiger partial charge in [-0.15, -0.1) is 0 Å². The van der Waals surface area contributed by atoms with Crippen molar-refractivity contribution < 1.29 is 77.0 Å². The average Bonchev–Trinajstić information content (AvgIpc) is 0.854. The minimum atomic E-state index is -1.32. The first-order valence-corrected chi connectivity index (χ1v) is 45.0. The molecule has 27 N–H and O–H groups in total. The highest BCUT2D eigenvalue weighted by molar-refractivity contribution is 6.00. The molecule has 0 aromatic carbocycles. The predicted octanol–water partition coefficient (Wildman–Crippen LogP) is 2.02. The average molecular weight is 1730 g/mol. The minimum absolute atomic E-state index is 0.00386. The Kier molecular flexibility index (Phi) is 59.4. The molecule has 14 atom stereocenters. The van der Waals surface area contributed by atoms with Gasteiger partial charge in [0.1, 0.15) is 84.6 Å². The Morgan fingerprint density at radius 1 is 0.189 bits per heavy atom. The third-order valence-corrected chi connectivity index (χ3v) is 20.2. The summed E-state index contributed by atoms with van der Waals surface area (Å²) in [5.74, 6) is -12.5. The lowest BCUT2D eigenvalue weighted by atomic mass is 9.98. The summed E-state index contributed by atoms with van der Waals surface area (Å²) in [5, 5.41) is 49.0. The zero-order valence-electron chi connectivity index (χ0n) is 76.9. The maximum absolute atomic E-state index is 14.9. The molecule has 36 heteroatoms. The Morgan fingerprint density at radius 2 is 0.303 bits per heavy atom. The van der Waals surface area contributed by atoms with Gasteiger partial charge in [0.05, 0.1) is 0 Å². The van der Waals surface area contributed by atoms with Crippen molar-refractivity contribution in [2.75, 3.05) is 39.3 Å². The summed E-state index contributed by atoms with van der Waals surface area (Å²) in [7, 11) is 0. The van der Waals surface area contributed by atoms with Gasteiger partial charge in [-0.05, 0) is 254 Å². The molecule has 704 valence electrons. The van der Waals surface area contributed by atoms with Gasteiger partial charge < -0.3 is 114 Å². The van der Waals surface area contributed by atoms with E-state index in [1.54, 1.807) is 0 Å². The minimum Gasteiger partial charge on any atom is -0.480 e. The van der Waals surface area contributed by atoms with E-state index in [1.165, 1.54) is 6.92 Å². The number of hydrogen-bond acceptors (Lipinski definition) is 21. The van der Waals surface area contributed by atoms with E-state index in [1.807, 2.05) is 111 Å². The number of carboxylic acid groups (broad SMARTS) is 1. The molecular weight excluding hydrogens is 1570 g/mol. The van der Waals surface area contributed by atoms with Crippen LogP contribution in [0.3, 0.4) is 0 Å². The Balaban J connectivity index is 7.41. The molecule has 14 amide bonds. The zero-order chi connectivity index (χ0) is 92.9. The van der Waals surface area contributed by atoms with Crippen LogP contribution < -0.4 is 109 Å². The summed E-state index contributed by atoms with van der Waals surface area (Å²) in [4.78, 5) is 213. The van der Waals surface area contributed by atoms with Gasteiger partial charge in [-0.25, -0.2) is 4.79 Å². The smallest absolute Gasteiger partial charge is 0.326 e. The summed E-state index contributed by atoms with van der Waals surface area (Å²) in [6.07, 6.45) is 6.44. The number of amides is 14. The Bertz CT molecular complexity index is 3160. The molecule has 36 nitrogen and oxygen atoms in total. The van der Waals surface area contributed by atoms with Gasteiger partial charge in [-0.1, -0.05) is 111 Å². The van der Waals surface area contributed by atoms with Gasteiger partial charge in [-0.2, -0.15) is 0 Å². The monoisotopic (exact) mass is 1730 g/mol. The summed E-state index contributed by atoms with van der Waals surface area (Å²) < 4.78 is 0. The fourth-order valence-electron chi connectivity index (χ4n) is 14.0. The standard InChI is InChI=1S/C86H164N20O16/c1-50(2)42-65(93-58(17)107)79(114)96-59(30-18-24-36-87)73(108)94-61(32-20-26-38-89)75(110)100-69(46-54(9)10)83(118)104-67(44-52(5)6)81(116)98-63(34-22-28-40-91)77(112)102-71(48-56(13)14)85(120)103-66(43-51(3)4)80(115)97-60(31-19-25-37-88)74(109)95-62(33-21-27-39-90)76(111)101-70(47-55(11)12)84(119)105-68(45-53(7)8)82(117)99-64(35-23-29-41-92)78(113)106-72(86(121)122)49-57(15)16/h50-57,59-72H,18-49,87-92H2,1-17H3,(H,93,107)(H,94,108)(H,95,109)(H,96,114)(H,97,115)(H,98,116)(H,99,117)(H,100,110)(H,101,111)(H,102,112)(H,103,120)(H,104,118)(H,105,119)(H,106,113)(H,121,122)/t59-,60-,61-,62-,63-,64-,65-,66-,67-,68-,69-,70-,71-,72-/m0/s1. The molecule has 0 rings (SSSR count). The van der Waals surface area contributed by atoms with Crippen molar-refractivity contribution in [2.24, 2.45) is 81.7 Å². The van der Waals surface area contributed by atoms with E-state index in [0.29, 0.717) is 90.1 Å². The number of hydrogen-bond donors (Lipinski definition) is 21. The van der Waals surface area contributed by atoms with Crippen LogP contribution in [0.4, 0.5) is 0 Å². The third kappa shape index (κ3) is 49.9. The number of carbonyl (C=O) groups excluding carboxylic acids is 14. The molecule has 0 unspecified atom stereocenters. The first-order chi connectivity index (χ1) is 57.4. The number of aliphatic carboxylic acids is 1. The first kappa shape index (κ1) is 114. The van der Waals surface area contributed by atoms with E-state index in [4.69, 9.17) is 34.4 Å². The third-order valence-electron chi connectivity index (χ3n) is 20.2. The van der Waals surface area contributed by atoms with E-state index in [0.717, 1.165) is 0 Å². The molecule has 0 radical (unpaired) electrons. The highest BCUT2D eigenvalue weighted by Crippen LogP contribution is 2.19. The summed E-state index contributed by atoms with van der Waals surface area (Å²) in [5.41, 5.74) is 35.2. The molecule has 0 aromatic rings. The predicted molar refractivity (Wildman–Crippen MR) is 473 cm³/mol. The van der Waals surface area contributed by atoms with Crippen LogP contribution in [0.25, 0.3) is 0 Å². The Labute approximate surface area is 727 Å². The van der Waals surface area contributed by atoms with Gasteiger partial charge in [0, 0.05) is 6.92 Å². The number of carboxylic acids is 1. The SMILES string of the molecule is CC(=O)N[C@@H](CC(C)C)C(=O)N[C@@H](CCCCN)C(=O)N[C@@H](CCCCN)C(=O)N[C@@H](CC(C)C)C(=O)N[C@@H](CC(C)C)C(=O)N[C@@H](CCCCN)C(=O)N[C@@H](CC(C)C)C(=O)N[C@@H](CC(C)C)C(=O)N[C@@H](CCCCN)C(=O)N[C@@H](CCCCN)C(=O)N[C@@H](CC(C)C)C(=O)N[C@@H](CC(C)C)C(=O)N[C@@H](CCCCN)C(=O)N[C@@H](CC(C)C)C(=O)O. The fraction of sp³-hybridized carbons (Fsp3) is 0.826. The van der Waals surface area contributed by atoms with Crippen LogP contribution in [0, 0.1) is 47.3 Å². The van der Waals surface area contributed by atoms with Crippen molar-refractivity contribution in [1.82, 2.24) is 74.4 Å². The fourth-order valence-corrected chi connectivity index (χ4v) is 14.0. The van der Waals surface area contributed by atoms with Gasteiger partial charge in [-0.3, -0.25) is 67.1 Å². The van der Waals surface area contributed by atoms with Crippen LogP contribution in [-0.2, 0) is 71.9 Å². The second-order valence-electron chi connectivity index (χ2n) is 36.1. The number of nitrogens with one attached hydrogen (secondary N) is 14. The molecule has 0 spiro atoms. The Morgan fingerprint density at radius 3 is 0.426 bits per heavy atom. The number of carbonyl (C=O) groups is 15. The van der Waals surface area contributed by atoms with Crippen LogP contribution in [-0.4, -0.2) is 218 Å². The summed E-state index contributed by atoms with van der Waals surface area (Å²) in [6, 6.07) is -17.3. The normalized spacial score (nSPS) is 15.1. The van der Waals surface area contributed by atoms with E-state index in [2.05, 4.69) is 74.4 Å². The molecular formula is C86H164N20O16. The van der Waals surface area contributed by atoms with Crippen molar-refractivity contribution in [1.29, 1.82) is 0 Å². The summed E-state index contributed by atoms with van der Waals surface area (Å²) >= 11 is 0. The molecule has 0 aromatic heterocycles. The van der Waals surface area contributed by atoms with Gasteiger partial charge in [0.25, 0.3) is 0 Å². The molecule has 122 heavy (non-hydrogen) atoms. The van der Waals surface area contributed by atoms with Crippen LogP contribution in [0.5, 0.6) is 0 Å². The molecule has 0 saturated heterocycles. The van der Waals surface area contributed by atoms with Gasteiger partial charge >= 0.3 is 5.97 Å². The lowest BCUT2D eigenvalue weighted by Crippen LogP contribution is -2.61. The van der Waals surface area contributed by atoms with Crippen LogP contribution >= 0.6 is 0 Å². The molecule has 0 bridgehead atoms. The van der Waals surface area contributed by atoms with Crippen molar-refractivity contribution in [3.63, 3.8) is 0 Å². The number of nitrogens with two attached hydrogens (primary N) is 6. The van der Waals surface area contributed by atoms with Crippen molar-refractivity contribution in [3.8, 4) is 0 Å². The zero-order valence-corrected chi connectivity index (χ0v) is 76.9. The molecule has 0 heterocycles. The van der Waals surface area contributed by atoms with Crippen molar-refractivity contribution in [2.45, 2.75) is 369 Å². The quantitative estimate of drug-likeness (QED) is 0.0387. The second kappa shape index (κ2) is 63.7. The van der Waals surface area contributed by atoms with E-state index >= 15 is 0 Å². The molecule has 0 fully saturated rings. The highest BCUT2D eigenvalue weighted by atomic mass is 16.4. The topological polar surface area (TPSA) is 601 Å². The first-order valence-electron chi connectivity index (χ1n) is 45.0. The molecule has 0 aliphatic rings. The van der Waals surface area contributed by atoms with Crippen LogP contribution in [0.2, 0.25) is 0 Å². The maximum Gasteiger partial charge on any atom is 0.326 e. The number of rotatable bonds is 68. The Hall–Kier alpha value is -8.19.